The quantitative estimate of drug-likeness (QED) is 0.776. The molecule has 0 aromatic heterocycles. The molecule has 0 saturated carbocycles. The topological polar surface area (TPSA) is 55.1 Å². The van der Waals surface area contributed by atoms with Crippen molar-refractivity contribution in [3.63, 3.8) is 0 Å². The maximum atomic E-state index is 12.1. The minimum atomic E-state index is -0.365. The third-order valence-electron chi connectivity index (χ3n) is 2.90. The van der Waals surface area contributed by atoms with Gasteiger partial charge in [0.05, 0.1) is 16.9 Å². The van der Waals surface area contributed by atoms with Crippen LogP contribution in [0.25, 0.3) is 0 Å². The summed E-state index contributed by atoms with van der Waals surface area (Å²) in [6.45, 7) is 3.97. The molecule has 1 amide bonds. The van der Waals surface area contributed by atoms with Crippen LogP contribution >= 0.6 is 12.2 Å². The summed E-state index contributed by atoms with van der Waals surface area (Å²) in [7, 11) is 0. The van der Waals surface area contributed by atoms with E-state index in [1.54, 1.807) is 0 Å². The first-order chi connectivity index (χ1) is 8.56. The highest BCUT2D eigenvalue weighted by Gasteiger charge is 2.21. The van der Waals surface area contributed by atoms with Gasteiger partial charge in [0.1, 0.15) is 0 Å². The van der Waals surface area contributed by atoms with Gasteiger partial charge in [-0.15, -0.1) is 0 Å². The van der Waals surface area contributed by atoms with E-state index in [0.29, 0.717) is 6.42 Å². The molecule has 4 heteroatoms. The van der Waals surface area contributed by atoms with Crippen LogP contribution < -0.4 is 11.1 Å². The second-order valence-electron chi connectivity index (χ2n) is 4.38. The average molecular weight is 264 g/mol. The molecule has 3 N–H and O–H groups in total. The fourth-order valence-electron chi connectivity index (χ4n) is 1.83. The second kappa shape index (κ2) is 7.11. The number of amides is 1. The number of hydrogen-bond acceptors (Lipinski definition) is 2. The third-order valence-corrected chi connectivity index (χ3v) is 3.18. The number of carbonyl (C=O) groups excluding carboxylic acids is 1. The molecule has 2 atom stereocenters. The Labute approximate surface area is 114 Å². The zero-order chi connectivity index (χ0) is 13.5. The van der Waals surface area contributed by atoms with E-state index in [1.807, 2.05) is 44.2 Å². The SMILES string of the molecule is CCCC(C(=O)NC(C)c1ccccc1)C(N)=S. The minimum Gasteiger partial charge on any atom is -0.393 e. The molecule has 1 aromatic carbocycles. The average Bonchev–Trinajstić information content (AvgIpc) is 2.36. The summed E-state index contributed by atoms with van der Waals surface area (Å²) in [5.74, 6) is -0.447. The van der Waals surface area contributed by atoms with E-state index in [0.717, 1.165) is 12.0 Å². The Hall–Kier alpha value is -1.42. The molecule has 0 spiro atoms. The molecule has 0 aliphatic heterocycles. The monoisotopic (exact) mass is 264 g/mol. The summed E-state index contributed by atoms with van der Waals surface area (Å²) in [5, 5.41) is 2.96. The molecule has 0 heterocycles. The van der Waals surface area contributed by atoms with Crippen molar-refractivity contribution in [2.24, 2.45) is 11.7 Å². The molecule has 0 aliphatic carbocycles. The van der Waals surface area contributed by atoms with Crippen LogP contribution in [0.2, 0.25) is 0 Å². The maximum absolute atomic E-state index is 12.1. The molecule has 18 heavy (non-hydrogen) atoms. The van der Waals surface area contributed by atoms with E-state index < -0.39 is 0 Å². The van der Waals surface area contributed by atoms with Crippen molar-refractivity contribution in [3.8, 4) is 0 Å². The van der Waals surface area contributed by atoms with Crippen LogP contribution in [-0.4, -0.2) is 10.9 Å². The number of hydrogen-bond donors (Lipinski definition) is 2. The van der Waals surface area contributed by atoms with Gasteiger partial charge < -0.3 is 11.1 Å². The maximum Gasteiger partial charge on any atom is 0.230 e. The van der Waals surface area contributed by atoms with E-state index in [-0.39, 0.29) is 22.9 Å². The van der Waals surface area contributed by atoms with Crippen molar-refractivity contribution in [1.29, 1.82) is 0 Å². The minimum absolute atomic E-state index is 0.0348. The fourth-order valence-corrected chi connectivity index (χ4v) is 2.06. The van der Waals surface area contributed by atoms with Gasteiger partial charge in [0, 0.05) is 0 Å². The van der Waals surface area contributed by atoms with Crippen LogP contribution in [-0.2, 0) is 4.79 Å². The fraction of sp³-hybridized carbons (Fsp3) is 0.429. The molecule has 0 bridgehead atoms. The molecule has 2 unspecified atom stereocenters. The Morgan fingerprint density at radius 2 is 2.00 bits per heavy atom. The molecule has 0 radical (unpaired) electrons. The lowest BCUT2D eigenvalue weighted by Crippen LogP contribution is -2.38. The van der Waals surface area contributed by atoms with Crippen molar-refractivity contribution in [3.05, 3.63) is 35.9 Å². The lowest BCUT2D eigenvalue weighted by atomic mass is 10.0. The van der Waals surface area contributed by atoms with Crippen LogP contribution in [0.15, 0.2) is 30.3 Å². The summed E-state index contributed by atoms with van der Waals surface area (Å²) >= 11 is 4.95. The number of nitrogens with one attached hydrogen (secondary N) is 1. The van der Waals surface area contributed by atoms with Gasteiger partial charge >= 0.3 is 0 Å². The van der Waals surface area contributed by atoms with E-state index in [9.17, 15) is 4.79 Å². The first-order valence-electron chi connectivity index (χ1n) is 6.21. The Balaban J connectivity index is 2.66. The van der Waals surface area contributed by atoms with E-state index in [4.69, 9.17) is 18.0 Å². The summed E-state index contributed by atoms with van der Waals surface area (Å²) < 4.78 is 0. The van der Waals surface area contributed by atoms with E-state index >= 15 is 0 Å². The Kier molecular flexibility index (Phi) is 5.78. The lowest BCUT2D eigenvalue weighted by molar-refractivity contribution is -0.123. The van der Waals surface area contributed by atoms with Gasteiger partial charge in [-0.2, -0.15) is 0 Å². The van der Waals surface area contributed by atoms with Crippen LogP contribution in [0.4, 0.5) is 0 Å². The molecule has 0 aliphatic rings. The highest BCUT2D eigenvalue weighted by molar-refractivity contribution is 7.80. The molecule has 98 valence electrons. The molecular formula is C14H20N2OS. The van der Waals surface area contributed by atoms with Gasteiger partial charge in [-0.3, -0.25) is 4.79 Å². The van der Waals surface area contributed by atoms with E-state index in [2.05, 4.69) is 5.32 Å². The summed E-state index contributed by atoms with van der Waals surface area (Å²) in [6, 6.07) is 9.80. The van der Waals surface area contributed by atoms with Crippen LogP contribution in [0.5, 0.6) is 0 Å². The number of benzene rings is 1. The molecular weight excluding hydrogens is 244 g/mol. The zero-order valence-electron chi connectivity index (χ0n) is 10.8. The summed E-state index contributed by atoms with van der Waals surface area (Å²) in [6.07, 6.45) is 1.58. The molecule has 1 rings (SSSR count). The van der Waals surface area contributed by atoms with Crippen molar-refractivity contribution in [1.82, 2.24) is 5.32 Å². The van der Waals surface area contributed by atoms with Gasteiger partial charge in [-0.25, -0.2) is 0 Å². The smallest absolute Gasteiger partial charge is 0.230 e. The third kappa shape index (κ3) is 4.11. The molecule has 1 aromatic rings. The van der Waals surface area contributed by atoms with Crippen LogP contribution in [0.3, 0.4) is 0 Å². The largest absolute Gasteiger partial charge is 0.393 e. The molecule has 0 fully saturated rings. The van der Waals surface area contributed by atoms with Crippen molar-refractivity contribution in [2.45, 2.75) is 32.7 Å². The molecule has 0 saturated heterocycles. The number of nitrogens with two attached hydrogens (primary N) is 1. The van der Waals surface area contributed by atoms with Gasteiger partial charge in [0.2, 0.25) is 5.91 Å². The normalized spacial score (nSPS) is 13.7. The predicted molar refractivity (Wildman–Crippen MR) is 78.2 cm³/mol. The van der Waals surface area contributed by atoms with Crippen LogP contribution in [0.1, 0.15) is 38.3 Å². The van der Waals surface area contributed by atoms with Gasteiger partial charge in [0.25, 0.3) is 0 Å². The highest BCUT2D eigenvalue weighted by atomic mass is 32.1. The Morgan fingerprint density at radius 3 is 2.50 bits per heavy atom. The number of rotatable bonds is 6. The summed E-state index contributed by atoms with van der Waals surface area (Å²) in [4.78, 5) is 12.4. The van der Waals surface area contributed by atoms with Crippen molar-refractivity contribution < 1.29 is 4.79 Å². The Bertz CT molecular complexity index is 406. The predicted octanol–water partition coefficient (Wildman–Crippen LogP) is 2.57. The number of thiocarbonyl (C=S) groups is 1. The first-order valence-corrected chi connectivity index (χ1v) is 6.61. The highest BCUT2D eigenvalue weighted by Crippen LogP contribution is 2.14. The molecule has 3 nitrogen and oxygen atoms in total. The Morgan fingerprint density at radius 1 is 1.39 bits per heavy atom. The van der Waals surface area contributed by atoms with Gasteiger partial charge in [0.15, 0.2) is 0 Å². The van der Waals surface area contributed by atoms with Crippen molar-refractivity contribution in [2.75, 3.05) is 0 Å². The summed E-state index contributed by atoms with van der Waals surface area (Å²) in [5.41, 5.74) is 6.68. The second-order valence-corrected chi connectivity index (χ2v) is 4.86. The first kappa shape index (κ1) is 14.6. The standard InChI is InChI=1S/C14H20N2OS/c1-3-7-12(13(15)18)14(17)16-10(2)11-8-5-4-6-9-11/h4-6,8-10,12H,3,7H2,1-2H3,(H2,15,18)(H,16,17). The number of carbonyl (C=O) groups is 1. The van der Waals surface area contributed by atoms with Gasteiger partial charge in [-0.05, 0) is 18.9 Å². The van der Waals surface area contributed by atoms with Crippen LogP contribution in [0, 0.1) is 5.92 Å². The van der Waals surface area contributed by atoms with E-state index in [1.165, 1.54) is 0 Å². The zero-order valence-corrected chi connectivity index (χ0v) is 11.7. The lowest BCUT2D eigenvalue weighted by Gasteiger charge is -2.19. The van der Waals surface area contributed by atoms with Crippen molar-refractivity contribution >= 4 is 23.1 Å². The van der Waals surface area contributed by atoms with Gasteiger partial charge in [-0.1, -0.05) is 55.9 Å².